The second-order valence-corrected chi connectivity index (χ2v) is 6.13. The first kappa shape index (κ1) is 16.3. The number of aromatic nitrogens is 3. The summed E-state index contributed by atoms with van der Waals surface area (Å²) in [6.45, 7) is 0. The molecule has 4 rings (SSSR count). The normalized spacial score (nSPS) is 15.0. The molecule has 0 spiro atoms. The van der Waals surface area contributed by atoms with Crippen molar-refractivity contribution >= 4 is 22.5 Å². The average Bonchev–Trinajstić information content (AvgIpc) is 2.97. The number of nitrogens with two attached hydrogens (primary N) is 2. The van der Waals surface area contributed by atoms with Gasteiger partial charge in [0, 0.05) is 11.6 Å². The molecule has 3 aromatic rings. The van der Waals surface area contributed by atoms with E-state index in [0.29, 0.717) is 11.6 Å². The van der Waals surface area contributed by atoms with Gasteiger partial charge in [0.05, 0.1) is 11.6 Å². The Bertz CT molecular complexity index is 808. The highest BCUT2D eigenvalue weighted by Crippen LogP contribution is 2.26. The molecule has 1 saturated carbocycles. The molecule has 24 heavy (non-hydrogen) atoms. The summed E-state index contributed by atoms with van der Waals surface area (Å²) in [4.78, 5) is 3.97. The van der Waals surface area contributed by atoms with Crippen LogP contribution in [0.3, 0.4) is 0 Å². The standard InChI is InChI=1S/C12H11N5.C6H12O/c13-11-6-8(3-4-15-11)7-1-2-10-9(5-7)12(14)17-16-10;7-6-4-2-1-3-5-6/h1-6H,(H2,13,15)(H3,14,16,17);6-7H,1-5H2. The van der Waals surface area contributed by atoms with Gasteiger partial charge in [0.2, 0.25) is 0 Å². The number of fused-ring (bicyclic) bond motifs is 1. The van der Waals surface area contributed by atoms with E-state index in [9.17, 15) is 0 Å². The zero-order valence-electron chi connectivity index (χ0n) is 13.6. The van der Waals surface area contributed by atoms with E-state index in [4.69, 9.17) is 16.6 Å². The average molecular weight is 325 g/mol. The molecule has 1 aromatic carbocycles. The summed E-state index contributed by atoms with van der Waals surface area (Å²) in [5, 5.41) is 16.7. The molecule has 6 heteroatoms. The van der Waals surface area contributed by atoms with Crippen LogP contribution in [0.5, 0.6) is 0 Å². The molecule has 2 heterocycles. The fourth-order valence-corrected chi connectivity index (χ4v) is 2.92. The molecule has 6 nitrogen and oxygen atoms in total. The highest BCUT2D eigenvalue weighted by atomic mass is 16.3. The number of aliphatic hydroxyl groups excluding tert-OH is 1. The lowest BCUT2D eigenvalue weighted by Gasteiger charge is -2.14. The lowest BCUT2D eigenvalue weighted by Crippen LogP contribution is -2.09. The number of benzene rings is 1. The topological polar surface area (TPSA) is 114 Å². The minimum atomic E-state index is 0.0359. The van der Waals surface area contributed by atoms with E-state index in [1.54, 1.807) is 6.20 Å². The van der Waals surface area contributed by atoms with Gasteiger partial charge in [-0.3, -0.25) is 5.10 Å². The van der Waals surface area contributed by atoms with Crippen LogP contribution < -0.4 is 11.5 Å². The fourth-order valence-electron chi connectivity index (χ4n) is 2.92. The van der Waals surface area contributed by atoms with E-state index in [1.165, 1.54) is 19.3 Å². The van der Waals surface area contributed by atoms with Gasteiger partial charge in [-0.1, -0.05) is 25.3 Å². The Morgan fingerprint density at radius 1 is 1.00 bits per heavy atom. The number of hydrogen-bond acceptors (Lipinski definition) is 5. The first-order valence-electron chi connectivity index (χ1n) is 8.27. The molecule has 0 atom stereocenters. The third kappa shape index (κ3) is 3.83. The van der Waals surface area contributed by atoms with Crippen LogP contribution in [0.1, 0.15) is 32.1 Å². The van der Waals surface area contributed by atoms with Crippen molar-refractivity contribution in [2.24, 2.45) is 0 Å². The molecule has 2 aromatic heterocycles. The highest BCUT2D eigenvalue weighted by molar-refractivity contribution is 5.92. The summed E-state index contributed by atoms with van der Waals surface area (Å²) < 4.78 is 0. The van der Waals surface area contributed by atoms with E-state index in [0.717, 1.165) is 34.9 Å². The lowest BCUT2D eigenvalue weighted by atomic mass is 9.98. The Morgan fingerprint density at radius 2 is 1.75 bits per heavy atom. The fraction of sp³-hybridized carbons (Fsp3) is 0.333. The molecular formula is C18H23N5O. The summed E-state index contributed by atoms with van der Waals surface area (Å²) in [5.74, 6) is 1.01. The zero-order chi connectivity index (χ0) is 16.9. The molecule has 1 aliphatic rings. The first-order valence-corrected chi connectivity index (χ1v) is 8.27. The van der Waals surface area contributed by atoms with Crippen molar-refractivity contribution in [1.29, 1.82) is 0 Å². The summed E-state index contributed by atoms with van der Waals surface area (Å²) in [7, 11) is 0. The Hall–Kier alpha value is -2.60. The monoisotopic (exact) mass is 325 g/mol. The van der Waals surface area contributed by atoms with Crippen LogP contribution in [0.2, 0.25) is 0 Å². The summed E-state index contributed by atoms with van der Waals surface area (Å²) in [5.41, 5.74) is 14.4. The van der Waals surface area contributed by atoms with E-state index in [1.807, 2.05) is 30.3 Å². The summed E-state index contributed by atoms with van der Waals surface area (Å²) in [6.07, 6.45) is 7.61. The molecule has 0 saturated heterocycles. The number of nitrogen functional groups attached to an aromatic ring is 2. The molecule has 0 amide bonds. The third-order valence-corrected chi connectivity index (χ3v) is 4.28. The summed E-state index contributed by atoms with van der Waals surface area (Å²) in [6, 6.07) is 9.67. The van der Waals surface area contributed by atoms with Crippen LogP contribution >= 0.6 is 0 Å². The van der Waals surface area contributed by atoms with Crippen molar-refractivity contribution in [3.05, 3.63) is 36.5 Å². The van der Waals surface area contributed by atoms with Crippen LogP contribution in [-0.4, -0.2) is 26.4 Å². The van der Waals surface area contributed by atoms with Crippen LogP contribution in [-0.2, 0) is 0 Å². The number of hydrogen-bond donors (Lipinski definition) is 4. The molecule has 0 bridgehead atoms. The van der Waals surface area contributed by atoms with Gasteiger partial charge in [0.1, 0.15) is 5.82 Å². The lowest BCUT2D eigenvalue weighted by molar-refractivity contribution is 0.130. The number of pyridine rings is 1. The predicted molar refractivity (Wildman–Crippen MR) is 97.2 cm³/mol. The Morgan fingerprint density at radius 3 is 2.42 bits per heavy atom. The number of anilines is 2. The van der Waals surface area contributed by atoms with Gasteiger partial charge in [-0.2, -0.15) is 5.10 Å². The smallest absolute Gasteiger partial charge is 0.153 e. The van der Waals surface area contributed by atoms with Crippen LogP contribution in [0, 0.1) is 0 Å². The van der Waals surface area contributed by atoms with Gasteiger partial charge in [-0.05, 0) is 48.2 Å². The molecule has 0 unspecified atom stereocenters. The van der Waals surface area contributed by atoms with E-state index >= 15 is 0 Å². The second-order valence-electron chi connectivity index (χ2n) is 6.13. The zero-order valence-corrected chi connectivity index (χ0v) is 13.6. The van der Waals surface area contributed by atoms with Crippen LogP contribution in [0.4, 0.5) is 11.6 Å². The number of nitrogens with zero attached hydrogens (tertiary/aromatic N) is 2. The molecule has 1 aliphatic carbocycles. The first-order chi connectivity index (χ1) is 11.6. The molecule has 1 fully saturated rings. The van der Waals surface area contributed by atoms with E-state index in [2.05, 4.69) is 15.2 Å². The van der Waals surface area contributed by atoms with Gasteiger partial charge < -0.3 is 16.6 Å². The maximum absolute atomic E-state index is 8.91. The van der Waals surface area contributed by atoms with Crippen molar-refractivity contribution in [2.45, 2.75) is 38.2 Å². The quantitative estimate of drug-likeness (QED) is 0.549. The minimum Gasteiger partial charge on any atom is -0.393 e. The molecular weight excluding hydrogens is 302 g/mol. The number of aliphatic hydroxyl groups is 1. The number of nitrogens with one attached hydrogen (secondary N) is 1. The second kappa shape index (κ2) is 7.31. The minimum absolute atomic E-state index is 0.0359. The van der Waals surface area contributed by atoms with Gasteiger partial charge in [-0.25, -0.2) is 4.98 Å². The van der Waals surface area contributed by atoms with Gasteiger partial charge in [-0.15, -0.1) is 0 Å². The van der Waals surface area contributed by atoms with E-state index in [-0.39, 0.29) is 6.10 Å². The van der Waals surface area contributed by atoms with Crippen molar-refractivity contribution in [1.82, 2.24) is 15.2 Å². The highest BCUT2D eigenvalue weighted by Gasteiger charge is 2.07. The molecule has 0 radical (unpaired) electrons. The number of rotatable bonds is 1. The van der Waals surface area contributed by atoms with Gasteiger partial charge in [0.25, 0.3) is 0 Å². The maximum atomic E-state index is 8.91. The van der Waals surface area contributed by atoms with E-state index < -0.39 is 0 Å². The summed E-state index contributed by atoms with van der Waals surface area (Å²) >= 11 is 0. The van der Waals surface area contributed by atoms with Crippen molar-refractivity contribution < 1.29 is 5.11 Å². The largest absolute Gasteiger partial charge is 0.393 e. The van der Waals surface area contributed by atoms with Crippen molar-refractivity contribution in [3.63, 3.8) is 0 Å². The SMILES string of the molecule is Nc1cc(-c2ccc3[nH]nc(N)c3c2)ccn1.OC1CCCCC1. The third-order valence-electron chi connectivity index (χ3n) is 4.28. The van der Waals surface area contributed by atoms with Crippen LogP contribution in [0.25, 0.3) is 22.0 Å². The van der Waals surface area contributed by atoms with Gasteiger partial charge >= 0.3 is 0 Å². The van der Waals surface area contributed by atoms with Crippen LogP contribution in [0.15, 0.2) is 36.5 Å². The van der Waals surface area contributed by atoms with Gasteiger partial charge in [0.15, 0.2) is 5.82 Å². The predicted octanol–water partition coefficient (Wildman–Crippen LogP) is 3.10. The molecule has 126 valence electrons. The van der Waals surface area contributed by atoms with Crippen molar-refractivity contribution in [2.75, 3.05) is 11.5 Å². The molecule has 6 N–H and O–H groups in total. The Balaban J connectivity index is 0.000000203. The number of aromatic amines is 1. The Labute approximate surface area is 140 Å². The molecule has 0 aliphatic heterocycles. The van der Waals surface area contributed by atoms with Crippen molar-refractivity contribution in [3.8, 4) is 11.1 Å². The number of H-pyrrole nitrogens is 1. The Kier molecular flexibility index (Phi) is 4.96. The maximum Gasteiger partial charge on any atom is 0.153 e.